The number of hydrogen-bond acceptors (Lipinski definition) is 2. The van der Waals surface area contributed by atoms with E-state index in [1.54, 1.807) is 25.1 Å². The molecular weight excluding hydrogens is 333 g/mol. The number of rotatable bonds is 2. The minimum Gasteiger partial charge on any atom is -0.399 e. The number of carbonyl (C=O) groups excluding carboxylic acids is 1. The number of nitrogens with two attached hydrogens (primary N) is 1. The normalized spacial score (nSPS) is 10.5. The molecule has 0 amide bonds. The second-order valence-corrected chi connectivity index (χ2v) is 5.41. The Bertz CT molecular complexity index is 673. The molecule has 5 heteroatoms. The zero-order valence-electron chi connectivity index (χ0n) is 10.0. The second-order valence-electron chi connectivity index (χ2n) is 4.15. The zero-order valence-corrected chi connectivity index (χ0v) is 12.3. The first-order valence-electron chi connectivity index (χ1n) is 5.45. The molecule has 0 spiro atoms. The lowest BCUT2D eigenvalue weighted by molar-refractivity contribution is 0.103. The van der Waals surface area contributed by atoms with Crippen LogP contribution in [0.4, 0.5) is 10.1 Å². The summed E-state index contributed by atoms with van der Waals surface area (Å²) >= 11 is 9.01. The van der Waals surface area contributed by atoms with E-state index in [1.165, 1.54) is 12.1 Å². The number of aryl methyl sites for hydroxylation is 1. The van der Waals surface area contributed by atoms with Crippen molar-refractivity contribution in [2.75, 3.05) is 5.73 Å². The van der Waals surface area contributed by atoms with Crippen molar-refractivity contribution in [2.24, 2.45) is 0 Å². The first-order chi connectivity index (χ1) is 8.90. The van der Waals surface area contributed by atoms with Gasteiger partial charge in [0.05, 0.1) is 10.6 Å². The average molecular weight is 343 g/mol. The van der Waals surface area contributed by atoms with Gasteiger partial charge in [-0.25, -0.2) is 4.39 Å². The third-order valence-electron chi connectivity index (χ3n) is 2.75. The molecule has 0 saturated heterocycles. The Balaban J connectivity index is 2.53. The summed E-state index contributed by atoms with van der Waals surface area (Å²) in [6.07, 6.45) is 0. The molecule has 0 unspecified atom stereocenters. The number of ketones is 1. The van der Waals surface area contributed by atoms with Gasteiger partial charge in [0.25, 0.3) is 0 Å². The summed E-state index contributed by atoms with van der Waals surface area (Å²) < 4.78 is 14.3. The highest BCUT2D eigenvalue weighted by molar-refractivity contribution is 9.10. The van der Waals surface area contributed by atoms with Crippen LogP contribution in [0.1, 0.15) is 21.5 Å². The Morgan fingerprint density at radius 1 is 1.26 bits per heavy atom. The summed E-state index contributed by atoms with van der Waals surface area (Å²) in [5, 5.41) is 0.290. The molecule has 2 N–H and O–H groups in total. The fourth-order valence-electron chi connectivity index (χ4n) is 1.78. The number of hydrogen-bond donors (Lipinski definition) is 1. The van der Waals surface area contributed by atoms with Crippen LogP contribution in [-0.4, -0.2) is 5.78 Å². The van der Waals surface area contributed by atoms with Gasteiger partial charge in [0.2, 0.25) is 0 Å². The lowest BCUT2D eigenvalue weighted by Gasteiger charge is -2.08. The summed E-state index contributed by atoms with van der Waals surface area (Å²) in [7, 11) is 0. The molecule has 0 bridgehead atoms. The van der Waals surface area contributed by atoms with Crippen molar-refractivity contribution in [1.82, 2.24) is 0 Å². The van der Waals surface area contributed by atoms with Crippen molar-refractivity contribution in [2.45, 2.75) is 6.92 Å². The molecule has 0 heterocycles. The molecule has 98 valence electrons. The van der Waals surface area contributed by atoms with Crippen LogP contribution < -0.4 is 5.73 Å². The Hall–Kier alpha value is -1.39. The number of carbonyl (C=O) groups is 1. The van der Waals surface area contributed by atoms with Crippen LogP contribution in [0.25, 0.3) is 0 Å². The number of benzene rings is 2. The lowest BCUT2D eigenvalue weighted by atomic mass is 9.98. The maximum Gasteiger partial charge on any atom is 0.196 e. The molecule has 2 aromatic rings. The van der Waals surface area contributed by atoms with E-state index >= 15 is 0 Å². The maximum absolute atomic E-state index is 13.8. The molecule has 0 aromatic heterocycles. The summed E-state index contributed by atoms with van der Waals surface area (Å²) in [4.78, 5) is 12.3. The van der Waals surface area contributed by atoms with Crippen LogP contribution in [0.15, 0.2) is 34.8 Å². The van der Waals surface area contributed by atoms with Crippen LogP contribution in [0, 0.1) is 12.7 Å². The minimum absolute atomic E-state index is 0.0546. The van der Waals surface area contributed by atoms with E-state index in [-0.39, 0.29) is 10.6 Å². The average Bonchev–Trinajstić information content (AvgIpc) is 2.33. The summed E-state index contributed by atoms with van der Waals surface area (Å²) in [5.74, 6) is -1.03. The van der Waals surface area contributed by atoms with E-state index in [0.717, 1.165) is 0 Å². The van der Waals surface area contributed by atoms with Crippen LogP contribution in [0.3, 0.4) is 0 Å². The molecule has 0 aliphatic rings. The van der Waals surface area contributed by atoms with E-state index in [4.69, 9.17) is 17.3 Å². The van der Waals surface area contributed by atoms with Gasteiger partial charge in [0.15, 0.2) is 5.78 Å². The van der Waals surface area contributed by atoms with Gasteiger partial charge >= 0.3 is 0 Å². The third kappa shape index (κ3) is 2.80. The molecule has 0 aliphatic heterocycles. The number of halogens is 3. The van der Waals surface area contributed by atoms with Gasteiger partial charge in [0, 0.05) is 15.7 Å². The van der Waals surface area contributed by atoms with Gasteiger partial charge < -0.3 is 5.73 Å². The van der Waals surface area contributed by atoms with Crippen LogP contribution in [0.2, 0.25) is 5.02 Å². The topological polar surface area (TPSA) is 43.1 Å². The van der Waals surface area contributed by atoms with E-state index in [1.807, 2.05) is 0 Å². The number of anilines is 1. The zero-order chi connectivity index (χ0) is 14.2. The lowest BCUT2D eigenvalue weighted by Crippen LogP contribution is -2.07. The molecule has 2 aromatic carbocycles. The van der Waals surface area contributed by atoms with Crippen molar-refractivity contribution in [3.63, 3.8) is 0 Å². The number of nitrogen functional groups attached to an aromatic ring is 1. The summed E-state index contributed by atoms with van der Waals surface area (Å²) in [6, 6.07) is 7.37. The monoisotopic (exact) mass is 341 g/mol. The Morgan fingerprint density at radius 3 is 2.58 bits per heavy atom. The minimum atomic E-state index is -0.613. The van der Waals surface area contributed by atoms with Gasteiger partial charge in [-0.2, -0.15) is 0 Å². The van der Waals surface area contributed by atoms with E-state index in [2.05, 4.69) is 15.9 Å². The Morgan fingerprint density at radius 2 is 1.95 bits per heavy atom. The fourth-order valence-corrected chi connectivity index (χ4v) is 2.26. The van der Waals surface area contributed by atoms with Crippen molar-refractivity contribution in [3.05, 3.63) is 62.3 Å². The van der Waals surface area contributed by atoms with Crippen molar-refractivity contribution in [3.8, 4) is 0 Å². The maximum atomic E-state index is 13.8. The standard InChI is InChI=1S/C14H10BrClFNO/c1-7-4-8(18)2-3-9(7)14(19)10-5-12(16)11(15)6-13(10)17/h2-6H,18H2,1H3. The largest absolute Gasteiger partial charge is 0.399 e. The molecule has 2 nitrogen and oxygen atoms in total. The third-order valence-corrected chi connectivity index (χ3v) is 3.95. The molecule has 2 rings (SSSR count). The molecule has 19 heavy (non-hydrogen) atoms. The van der Waals surface area contributed by atoms with E-state index in [0.29, 0.717) is 21.3 Å². The van der Waals surface area contributed by atoms with E-state index < -0.39 is 11.6 Å². The first-order valence-corrected chi connectivity index (χ1v) is 6.62. The Kier molecular flexibility index (Phi) is 3.92. The quantitative estimate of drug-likeness (QED) is 0.500. The highest BCUT2D eigenvalue weighted by atomic mass is 79.9. The highest BCUT2D eigenvalue weighted by Crippen LogP contribution is 2.27. The van der Waals surface area contributed by atoms with Crippen molar-refractivity contribution < 1.29 is 9.18 Å². The Labute approximate surface area is 123 Å². The van der Waals surface area contributed by atoms with Gasteiger partial charge in [-0.15, -0.1) is 0 Å². The summed E-state index contributed by atoms with van der Waals surface area (Å²) in [6.45, 7) is 1.75. The molecule has 0 aliphatic carbocycles. The highest BCUT2D eigenvalue weighted by Gasteiger charge is 2.17. The van der Waals surface area contributed by atoms with Crippen LogP contribution in [0.5, 0.6) is 0 Å². The molecule has 0 saturated carbocycles. The molecule has 0 atom stereocenters. The molecule has 0 fully saturated rings. The van der Waals surface area contributed by atoms with Crippen molar-refractivity contribution >= 4 is 39.0 Å². The summed E-state index contributed by atoms with van der Waals surface area (Å²) in [5.41, 5.74) is 7.24. The van der Waals surface area contributed by atoms with Crippen LogP contribution >= 0.6 is 27.5 Å². The smallest absolute Gasteiger partial charge is 0.196 e. The predicted octanol–water partition coefficient (Wildman–Crippen LogP) is 4.36. The van der Waals surface area contributed by atoms with Gasteiger partial charge in [0.1, 0.15) is 5.82 Å². The van der Waals surface area contributed by atoms with Gasteiger partial charge in [-0.3, -0.25) is 4.79 Å². The van der Waals surface area contributed by atoms with Crippen LogP contribution in [-0.2, 0) is 0 Å². The van der Waals surface area contributed by atoms with Gasteiger partial charge in [-0.1, -0.05) is 11.6 Å². The van der Waals surface area contributed by atoms with E-state index in [9.17, 15) is 9.18 Å². The molecule has 0 radical (unpaired) electrons. The fraction of sp³-hybridized carbons (Fsp3) is 0.0714. The molecular formula is C14H10BrClFNO. The first kappa shape index (κ1) is 14.0. The SMILES string of the molecule is Cc1cc(N)ccc1C(=O)c1cc(Cl)c(Br)cc1F. The predicted molar refractivity (Wildman–Crippen MR) is 78.1 cm³/mol. The van der Waals surface area contributed by atoms with Crippen molar-refractivity contribution in [1.29, 1.82) is 0 Å². The van der Waals surface area contributed by atoms with Gasteiger partial charge in [-0.05, 0) is 58.7 Å². The second kappa shape index (κ2) is 5.31.